The zero-order valence-corrected chi connectivity index (χ0v) is 14.8. The van der Waals surface area contributed by atoms with E-state index in [9.17, 15) is 4.79 Å². The third-order valence-electron chi connectivity index (χ3n) is 4.83. The Hall–Kier alpha value is -3.48. The fraction of sp³-hybridized carbons (Fsp3) is 0.200. The Labute approximate surface area is 156 Å². The summed E-state index contributed by atoms with van der Waals surface area (Å²) in [4.78, 5) is 24.0. The topological polar surface area (TPSA) is 89.9 Å². The first-order valence-corrected chi connectivity index (χ1v) is 8.90. The predicted octanol–water partition coefficient (Wildman–Crippen LogP) is 2.58. The highest BCUT2D eigenvalue weighted by Crippen LogP contribution is 2.43. The molecule has 0 atom stereocenters. The number of aryl methyl sites for hydroxylation is 1. The number of benzene rings is 1. The van der Waals surface area contributed by atoms with Gasteiger partial charge in [0.1, 0.15) is 17.1 Å². The lowest BCUT2D eigenvalue weighted by atomic mass is 10.1. The maximum Gasteiger partial charge on any atom is 0.263 e. The summed E-state index contributed by atoms with van der Waals surface area (Å²) in [5, 5.41) is 4.41. The normalized spacial score (nSPS) is 17.6. The summed E-state index contributed by atoms with van der Waals surface area (Å²) in [7, 11) is 1.83. The lowest BCUT2D eigenvalue weighted by Crippen LogP contribution is -2.25. The highest BCUT2D eigenvalue weighted by molar-refractivity contribution is 6.14. The Kier molecular flexibility index (Phi) is 3.36. The first kappa shape index (κ1) is 15.7. The van der Waals surface area contributed by atoms with Gasteiger partial charge < -0.3 is 10.6 Å². The molecular formula is C20H18N6O. The van der Waals surface area contributed by atoms with Gasteiger partial charge in [0.25, 0.3) is 5.91 Å². The molecular weight excluding hydrogens is 340 g/mol. The minimum Gasteiger partial charge on any atom is -0.368 e. The van der Waals surface area contributed by atoms with Crippen molar-refractivity contribution in [1.29, 1.82) is 0 Å². The number of carbonyl (C=O) groups excluding carboxylic acids is 1. The van der Waals surface area contributed by atoms with Crippen LogP contribution in [0.5, 0.6) is 0 Å². The van der Waals surface area contributed by atoms with Crippen molar-refractivity contribution in [3.8, 4) is 11.4 Å². The predicted molar refractivity (Wildman–Crippen MR) is 102 cm³/mol. The summed E-state index contributed by atoms with van der Waals surface area (Å²) in [6, 6.07) is 12.0. The summed E-state index contributed by atoms with van der Waals surface area (Å²) in [6.45, 7) is 0. The minimum absolute atomic E-state index is 0.0738. The summed E-state index contributed by atoms with van der Waals surface area (Å²) in [6.07, 6.45) is 5.80. The van der Waals surface area contributed by atoms with Crippen LogP contribution in [-0.2, 0) is 7.05 Å². The standard InChI is InChI=1S/C20H18N6O/c1-25-10-9-14(24-25)17-16-18(23-20(21)22-17)15(11-12-5-3-2-4-6-12)26(19(16)27)13-7-8-13/h2-6,9-11,13H,7-8H2,1H3,(H2,21,22,23)/b15-11-. The number of amides is 1. The molecule has 2 N–H and O–H groups in total. The molecule has 3 heterocycles. The maximum absolute atomic E-state index is 13.3. The van der Waals surface area contributed by atoms with Crippen LogP contribution in [0.2, 0.25) is 0 Å². The number of aromatic nitrogens is 4. The zero-order chi connectivity index (χ0) is 18.5. The third kappa shape index (κ3) is 2.59. The molecule has 0 spiro atoms. The van der Waals surface area contributed by atoms with Crippen LogP contribution in [0, 0.1) is 0 Å². The van der Waals surface area contributed by atoms with Crippen LogP contribution in [0.1, 0.15) is 34.5 Å². The van der Waals surface area contributed by atoms with E-state index in [-0.39, 0.29) is 17.9 Å². The van der Waals surface area contributed by atoms with E-state index in [2.05, 4.69) is 15.1 Å². The Bertz CT molecular complexity index is 1080. The highest BCUT2D eigenvalue weighted by Gasteiger charge is 2.44. The molecule has 1 amide bonds. The maximum atomic E-state index is 13.3. The van der Waals surface area contributed by atoms with Gasteiger partial charge in [0.15, 0.2) is 0 Å². The van der Waals surface area contributed by atoms with Gasteiger partial charge in [0.05, 0.1) is 11.3 Å². The molecule has 5 rings (SSSR count). The van der Waals surface area contributed by atoms with Crippen molar-refractivity contribution in [3.63, 3.8) is 0 Å². The van der Waals surface area contributed by atoms with Gasteiger partial charge in [-0.1, -0.05) is 30.3 Å². The van der Waals surface area contributed by atoms with E-state index in [4.69, 9.17) is 5.73 Å². The molecule has 1 aromatic carbocycles. The molecule has 1 aliphatic heterocycles. The molecule has 1 aliphatic carbocycles. The van der Waals surface area contributed by atoms with Gasteiger partial charge in [0.2, 0.25) is 5.95 Å². The van der Waals surface area contributed by atoms with Crippen molar-refractivity contribution in [2.24, 2.45) is 7.05 Å². The van der Waals surface area contributed by atoms with Crippen molar-refractivity contribution in [2.75, 3.05) is 5.73 Å². The molecule has 2 aliphatic rings. The second kappa shape index (κ2) is 5.77. The van der Waals surface area contributed by atoms with Crippen LogP contribution in [0.15, 0.2) is 42.6 Å². The van der Waals surface area contributed by atoms with Crippen molar-refractivity contribution in [1.82, 2.24) is 24.6 Å². The first-order valence-electron chi connectivity index (χ1n) is 8.90. The van der Waals surface area contributed by atoms with Crippen molar-refractivity contribution in [3.05, 3.63) is 59.4 Å². The number of carbonyl (C=O) groups is 1. The van der Waals surface area contributed by atoms with Gasteiger partial charge in [-0.2, -0.15) is 5.10 Å². The Morgan fingerprint density at radius 2 is 1.85 bits per heavy atom. The molecule has 134 valence electrons. The lowest BCUT2D eigenvalue weighted by Gasteiger charge is -2.17. The number of hydrogen-bond donors (Lipinski definition) is 1. The summed E-state index contributed by atoms with van der Waals surface area (Å²) in [5.74, 6) is 0.0640. The van der Waals surface area contributed by atoms with Crippen LogP contribution in [0.25, 0.3) is 23.2 Å². The molecule has 27 heavy (non-hydrogen) atoms. The number of anilines is 1. The number of fused-ring (bicyclic) bond motifs is 1. The summed E-state index contributed by atoms with van der Waals surface area (Å²) in [5.41, 5.74) is 9.98. The van der Waals surface area contributed by atoms with E-state index < -0.39 is 0 Å². The molecule has 0 unspecified atom stereocenters. The highest BCUT2D eigenvalue weighted by atomic mass is 16.2. The van der Waals surface area contributed by atoms with Crippen LogP contribution < -0.4 is 5.73 Å². The number of nitrogen functional groups attached to an aromatic ring is 1. The lowest BCUT2D eigenvalue weighted by molar-refractivity contribution is 0.0844. The van der Waals surface area contributed by atoms with E-state index in [0.29, 0.717) is 22.6 Å². The average Bonchev–Trinajstić information content (AvgIpc) is 3.34. The fourth-order valence-electron chi connectivity index (χ4n) is 3.48. The Balaban J connectivity index is 1.74. The van der Waals surface area contributed by atoms with Gasteiger partial charge in [0, 0.05) is 19.3 Å². The van der Waals surface area contributed by atoms with Crippen molar-refractivity contribution in [2.45, 2.75) is 18.9 Å². The molecule has 0 saturated heterocycles. The SMILES string of the molecule is Cn1ccc(-c2nc(N)nc3c2C(=O)N(C2CC2)/C3=C\c2ccccc2)n1. The fourth-order valence-corrected chi connectivity index (χ4v) is 3.48. The Morgan fingerprint density at radius 1 is 1.11 bits per heavy atom. The van der Waals surface area contributed by atoms with E-state index in [0.717, 1.165) is 24.1 Å². The first-order chi connectivity index (χ1) is 13.1. The van der Waals surface area contributed by atoms with Gasteiger partial charge in [-0.05, 0) is 30.5 Å². The molecule has 0 bridgehead atoms. The Morgan fingerprint density at radius 3 is 2.52 bits per heavy atom. The van der Waals surface area contributed by atoms with Crippen molar-refractivity contribution >= 4 is 23.6 Å². The molecule has 7 nitrogen and oxygen atoms in total. The van der Waals surface area contributed by atoms with Crippen LogP contribution >= 0.6 is 0 Å². The van der Waals surface area contributed by atoms with Gasteiger partial charge in [-0.3, -0.25) is 9.48 Å². The number of rotatable bonds is 3. The van der Waals surface area contributed by atoms with Crippen LogP contribution in [0.3, 0.4) is 0 Å². The quantitative estimate of drug-likeness (QED) is 0.777. The van der Waals surface area contributed by atoms with E-state index in [1.54, 1.807) is 4.68 Å². The van der Waals surface area contributed by atoms with E-state index in [1.165, 1.54) is 0 Å². The zero-order valence-electron chi connectivity index (χ0n) is 14.8. The largest absolute Gasteiger partial charge is 0.368 e. The number of hydrogen-bond acceptors (Lipinski definition) is 5. The average molecular weight is 358 g/mol. The second-order valence-corrected chi connectivity index (χ2v) is 6.88. The van der Waals surface area contributed by atoms with Crippen LogP contribution in [-0.4, -0.2) is 36.6 Å². The number of nitrogens with two attached hydrogens (primary N) is 1. The van der Waals surface area contributed by atoms with Gasteiger partial charge >= 0.3 is 0 Å². The molecule has 7 heteroatoms. The second-order valence-electron chi connectivity index (χ2n) is 6.88. The molecule has 1 fully saturated rings. The molecule has 3 aromatic rings. The third-order valence-corrected chi connectivity index (χ3v) is 4.83. The monoisotopic (exact) mass is 358 g/mol. The summed E-state index contributed by atoms with van der Waals surface area (Å²) < 4.78 is 1.68. The minimum atomic E-state index is -0.0738. The number of nitrogens with zero attached hydrogens (tertiary/aromatic N) is 5. The van der Waals surface area contributed by atoms with Gasteiger partial charge in [-0.15, -0.1) is 0 Å². The van der Waals surface area contributed by atoms with Crippen LogP contribution in [0.4, 0.5) is 5.95 Å². The smallest absolute Gasteiger partial charge is 0.263 e. The summed E-state index contributed by atoms with van der Waals surface area (Å²) >= 11 is 0. The molecule has 1 saturated carbocycles. The molecule has 0 radical (unpaired) electrons. The van der Waals surface area contributed by atoms with E-state index >= 15 is 0 Å². The van der Waals surface area contributed by atoms with E-state index in [1.807, 2.05) is 60.6 Å². The van der Waals surface area contributed by atoms with Gasteiger partial charge in [-0.25, -0.2) is 9.97 Å². The van der Waals surface area contributed by atoms with Crippen molar-refractivity contribution < 1.29 is 4.79 Å². The molecule has 2 aromatic heterocycles.